The molecule has 1 atom stereocenters. The molecular weight excluding hydrogens is 372 g/mol. The van der Waals surface area contributed by atoms with Crippen LogP contribution in [0.3, 0.4) is 0 Å². The monoisotopic (exact) mass is 400 g/mol. The topological polar surface area (TPSA) is 67.4 Å². The Bertz CT molecular complexity index is 787. The summed E-state index contributed by atoms with van der Waals surface area (Å²) in [6.07, 6.45) is 6.57. The fraction of sp³-hybridized carbons (Fsp3) is 0.571. The number of carbonyl (C=O) groups is 1. The van der Waals surface area contributed by atoms with Gasteiger partial charge in [0.2, 0.25) is 5.91 Å². The molecule has 7 heteroatoms. The minimum Gasteiger partial charge on any atom is -0.370 e. The lowest BCUT2D eigenvalue weighted by Crippen LogP contribution is -2.45. The minimum atomic E-state index is 0.00202. The third-order valence-corrected chi connectivity index (χ3v) is 6.58. The van der Waals surface area contributed by atoms with Crippen LogP contribution in [-0.2, 0) is 22.5 Å². The van der Waals surface area contributed by atoms with Crippen molar-refractivity contribution in [2.24, 2.45) is 0 Å². The average Bonchev–Trinajstić information content (AvgIpc) is 3.29. The number of rotatable bonds is 6. The van der Waals surface area contributed by atoms with Gasteiger partial charge in [0.05, 0.1) is 34.5 Å². The summed E-state index contributed by atoms with van der Waals surface area (Å²) < 4.78 is 6.42. The largest absolute Gasteiger partial charge is 0.370 e. The normalized spacial score (nSPS) is 21.8. The van der Waals surface area contributed by atoms with Crippen molar-refractivity contribution >= 4 is 17.2 Å². The number of likely N-dealkylation sites (tertiary alicyclic amines) is 1. The van der Waals surface area contributed by atoms with E-state index in [2.05, 4.69) is 26.3 Å². The Labute approximate surface area is 170 Å². The van der Waals surface area contributed by atoms with Gasteiger partial charge in [0.25, 0.3) is 0 Å². The van der Waals surface area contributed by atoms with Crippen molar-refractivity contribution in [3.05, 3.63) is 46.2 Å². The van der Waals surface area contributed by atoms with E-state index >= 15 is 0 Å². The van der Waals surface area contributed by atoms with Crippen LogP contribution < -0.4 is 5.32 Å². The fourth-order valence-corrected chi connectivity index (χ4v) is 4.80. The van der Waals surface area contributed by atoms with Gasteiger partial charge in [0.15, 0.2) is 0 Å². The summed E-state index contributed by atoms with van der Waals surface area (Å²) in [6.45, 7) is 5.55. The number of aromatic nitrogens is 2. The van der Waals surface area contributed by atoms with E-state index in [1.807, 2.05) is 30.6 Å². The molecule has 6 nitrogen and oxygen atoms in total. The van der Waals surface area contributed by atoms with Gasteiger partial charge in [-0.05, 0) is 44.7 Å². The van der Waals surface area contributed by atoms with Gasteiger partial charge in [-0.3, -0.25) is 14.7 Å². The van der Waals surface area contributed by atoms with E-state index < -0.39 is 0 Å². The van der Waals surface area contributed by atoms with Crippen LogP contribution in [0.25, 0.3) is 0 Å². The SMILES string of the molecule is Cc1nc(CC(=O)NCC2CCC3(CCN(Cc4ccccn4)CC3)O2)cs1. The predicted molar refractivity (Wildman–Crippen MR) is 109 cm³/mol. The second-order valence-corrected chi connectivity index (χ2v) is 8.96. The molecule has 2 saturated heterocycles. The summed E-state index contributed by atoms with van der Waals surface area (Å²) in [6, 6.07) is 6.09. The lowest BCUT2D eigenvalue weighted by atomic mass is 9.88. The van der Waals surface area contributed by atoms with E-state index in [1.165, 1.54) is 0 Å². The standard InChI is InChI=1S/C21H28N4O2S/c1-16-24-18(15-28-16)12-20(26)23-13-19-5-6-21(27-19)7-10-25(11-8-21)14-17-4-2-3-9-22-17/h2-4,9,15,19H,5-8,10-14H2,1H3,(H,23,26). The highest BCUT2D eigenvalue weighted by Gasteiger charge is 2.42. The number of piperidine rings is 1. The molecular formula is C21H28N4O2S. The predicted octanol–water partition coefficient (Wildman–Crippen LogP) is 2.72. The van der Waals surface area contributed by atoms with Crippen molar-refractivity contribution in [2.75, 3.05) is 19.6 Å². The molecule has 1 unspecified atom stereocenters. The first-order valence-electron chi connectivity index (χ1n) is 10.1. The summed E-state index contributed by atoms with van der Waals surface area (Å²) in [5.41, 5.74) is 1.98. The summed E-state index contributed by atoms with van der Waals surface area (Å²) in [5, 5.41) is 5.98. The molecule has 2 aromatic heterocycles. The first kappa shape index (κ1) is 19.5. The molecule has 0 saturated carbocycles. The number of nitrogens with zero attached hydrogens (tertiary/aromatic N) is 3. The highest BCUT2D eigenvalue weighted by molar-refractivity contribution is 7.09. The number of amides is 1. The number of hydrogen-bond donors (Lipinski definition) is 1. The van der Waals surface area contributed by atoms with Crippen LogP contribution in [-0.4, -0.2) is 52.1 Å². The third kappa shape index (κ3) is 4.96. The maximum Gasteiger partial charge on any atom is 0.226 e. The Morgan fingerprint density at radius 1 is 1.32 bits per heavy atom. The first-order valence-corrected chi connectivity index (χ1v) is 11.0. The Morgan fingerprint density at radius 2 is 2.18 bits per heavy atom. The molecule has 0 radical (unpaired) electrons. The number of aryl methyl sites for hydroxylation is 1. The highest BCUT2D eigenvalue weighted by atomic mass is 32.1. The highest BCUT2D eigenvalue weighted by Crippen LogP contribution is 2.38. The summed E-state index contributed by atoms with van der Waals surface area (Å²) in [5.74, 6) is 0.0278. The molecule has 28 heavy (non-hydrogen) atoms. The molecule has 1 N–H and O–H groups in total. The van der Waals surface area contributed by atoms with Crippen LogP contribution in [0.2, 0.25) is 0 Å². The molecule has 1 amide bonds. The quantitative estimate of drug-likeness (QED) is 0.808. The zero-order valence-electron chi connectivity index (χ0n) is 16.4. The Kier molecular flexibility index (Phi) is 6.04. The average molecular weight is 401 g/mol. The van der Waals surface area contributed by atoms with E-state index in [1.54, 1.807) is 11.3 Å². The molecule has 2 fully saturated rings. The molecule has 4 rings (SSSR count). The molecule has 2 aliphatic rings. The molecule has 2 aromatic rings. The molecule has 0 aromatic carbocycles. The maximum absolute atomic E-state index is 12.1. The molecule has 150 valence electrons. The van der Waals surface area contributed by atoms with Crippen molar-refractivity contribution in [3.8, 4) is 0 Å². The number of nitrogens with one attached hydrogen (secondary N) is 1. The van der Waals surface area contributed by atoms with Crippen LogP contribution in [0.5, 0.6) is 0 Å². The number of thiazole rings is 1. The van der Waals surface area contributed by atoms with E-state index in [-0.39, 0.29) is 17.6 Å². The van der Waals surface area contributed by atoms with E-state index in [0.717, 1.165) is 61.7 Å². The van der Waals surface area contributed by atoms with E-state index in [9.17, 15) is 4.79 Å². The second-order valence-electron chi connectivity index (χ2n) is 7.90. The number of hydrogen-bond acceptors (Lipinski definition) is 6. The smallest absolute Gasteiger partial charge is 0.226 e. The second kappa shape index (κ2) is 8.68. The van der Waals surface area contributed by atoms with Gasteiger partial charge in [0.1, 0.15) is 0 Å². The van der Waals surface area contributed by atoms with Crippen molar-refractivity contribution < 1.29 is 9.53 Å². The molecule has 2 aliphatic heterocycles. The van der Waals surface area contributed by atoms with Gasteiger partial charge in [-0.25, -0.2) is 4.98 Å². The Hall–Kier alpha value is -1.83. The van der Waals surface area contributed by atoms with E-state index in [4.69, 9.17) is 4.74 Å². The number of carbonyl (C=O) groups excluding carboxylic acids is 1. The lowest BCUT2D eigenvalue weighted by molar-refractivity contribution is -0.122. The van der Waals surface area contributed by atoms with Gasteiger partial charge in [0, 0.05) is 37.8 Å². The van der Waals surface area contributed by atoms with Crippen LogP contribution in [0, 0.1) is 6.92 Å². The van der Waals surface area contributed by atoms with Crippen LogP contribution >= 0.6 is 11.3 Å². The maximum atomic E-state index is 12.1. The Morgan fingerprint density at radius 3 is 2.89 bits per heavy atom. The van der Waals surface area contributed by atoms with Crippen molar-refractivity contribution in [2.45, 2.75) is 57.3 Å². The fourth-order valence-electron chi connectivity index (χ4n) is 4.19. The molecule has 4 heterocycles. The van der Waals surface area contributed by atoms with Crippen LogP contribution in [0.4, 0.5) is 0 Å². The van der Waals surface area contributed by atoms with Gasteiger partial charge in [-0.1, -0.05) is 6.07 Å². The molecule has 0 bridgehead atoms. The first-order chi connectivity index (χ1) is 13.6. The van der Waals surface area contributed by atoms with Gasteiger partial charge in [-0.2, -0.15) is 0 Å². The number of ether oxygens (including phenoxy) is 1. The third-order valence-electron chi connectivity index (χ3n) is 5.75. The number of pyridine rings is 1. The Balaban J connectivity index is 1.19. The zero-order valence-corrected chi connectivity index (χ0v) is 17.2. The summed E-state index contributed by atoms with van der Waals surface area (Å²) in [7, 11) is 0. The summed E-state index contributed by atoms with van der Waals surface area (Å²) >= 11 is 1.58. The summed E-state index contributed by atoms with van der Waals surface area (Å²) in [4.78, 5) is 23.4. The van der Waals surface area contributed by atoms with Crippen molar-refractivity contribution in [3.63, 3.8) is 0 Å². The van der Waals surface area contributed by atoms with Crippen molar-refractivity contribution in [1.29, 1.82) is 0 Å². The van der Waals surface area contributed by atoms with Crippen LogP contribution in [0.15, 0.2) is 29.8 Å². The molecule has 0 aliphatic carbocycles. The molecule has 1 spiro atoms. The van der Waals surface area contributed by atoms with Gasteiger partial charge < -0.3 is 10.1 Å². The van der Waals surface area contributed by atoms with Crippen molar-refractivity contribution in [1.82, 2.24) is 20.2 Å². The zero-order chi connectivity index (χ0) is 19.4. The van der Waals surface area contributed by atoms with Gasteiger partial charge in [-0.15, -0.1) is 11.3 Å². The van der Waals surface area contributed by atoms with E-state index in [0.29, 0.717) is 13.0 Å². The van der Waals surface area contributed by atoms with Crippen LogP contribution in [0.1, 0.15) is 42.1 Å². The van der Waals surface area contributed by atoms with Gasteiger partial charge >= 0.3 is 0 Å². The minimum absolute atomic E-state index is 0.00202. The lowest BCUT2D eigenvalue weighted by Gasteiger charge is -2.39.